The Morgan fingerprint density at radius 3 is 2.11 bits per heavy atom. The van der Waals surface area contributed by atoms with E-state index >= 15 is 0 Å². The predicted molar refractivity (Wildman–Crippen MR) is 75.5 cm³/mol. The van der Waals surface area contributed by atoms with E-state index < -0.39 is 0 Å². The standard InChI is InChI=1S/C15H24N2O/c1-10-6-12(15(3,4)5)7-11(2)13(10)9-17-14(18)8-16/h6-7H,8-9,16H2,1-5H3,(H,17,18). The lowest BCUT2D eigenvalue weighted by Gasteiger charge is -2.22. The second-order valence-electron chi connectivity index (χ2n) is 5.82. The molecule has 0 aromatic heterocycles. The molecular weight excluding hydrogens is 224 g/mol. The van der Waals surface area contributed by atoms with E-state index in [1.54, 1.807) is 0 Å². The number of amides is 1. The minimum absolute atomic E-state index is 0.0399. The van der Waals surface area contributed by atoms with E-state index in [9.17, 15) is 4.79 Å². The zero-order valence-corrected chi connectivity index (χ0v) is 12.1. The van der Waals surface area contributed by atoms with Crippen LogP contribution in [0.2, 0.25) is 0 Å². The summed E-state index contributed by atoms with van der Waals surface area (Å²) in [6, 6.07) is 4.41. The molecule has 0 bridgehead atoms. The maximum Gasteiger partial charge on any atom is 0.234 e. The van der Waals surface area contributed by atoms with Crippen molar-refractivity contribution in [3.05, 3.63) is 34.4 Å². The van der Waals surface area contributed by atoms with Gasteiger partial charge in [-0.25, -0.2) is 0 Å². The summed E-state index contributed by atoms with van der Waals surface area (Å²) in [6.45, 7) is 11.4. The topological polar surface area (TPSA) is 55.1 Å². The van der Waals surface area contributed by atoms with Gasteiger partial charge in [0.25, 0.3) is 0 Å². The third-order valence-electron chi connectivity index (χ3n) is 3.21. The maximum atomic E-state index is 11.2. The van der Waals surface area contributed by atoms with Crippen LogP contribution < -0.4 is 11.1 Å². The van der Waals surface area contributed by atoms with E-state index in [0.29, 0.717) is 6.54 Å². The molecule has 100 valence electrons. The van der Waals surface area contributed by atoms with Crippen molar-refractivity contribution in [1.29, 1.82) is 0 Å². The van der Waals surface area contributed by atoms with E-state index in [-0.39, 0.29) is 17.9 Å². The molecule has 1 aromatic rings. The average molecular weight is 248 g/mol. The fourth-order valence-electron chi connectivity index (χ4n) is 1.96. The molecule has 0 aliphatic heterocycles. The summed E-state index contributed by atoms with van der Waals surface area (Å²) >= 11 is 0. The van der Waals surface area contributed by atoms with Gasteiger partial charge in [0.2, 0.25) is 5.91 Å². The molecule has 1 aromatic carbocycles. The molecule has 1 rings (SSSR count). The smallest absolute Gasteiger partial charge is 0.234 e. The van der Waals surface area contributed by atoms with Crippen LogP contribution in [-0.2, 0) is 16.8 Å². The van der Waals surface area contributed by atoms with Gasteiger partial charge < -0.3 is 11.1 Å². The van der Waals surface area contributed by atoms with E-state index in [0.717, 1.165) is 0 Å². The minimum Gasteiger partial charge on any atom is -0.351 e. The predicted octanol–water partition coefficient (Wildman–Crippen LogP) is 2.18. The van der Waals surface area contributed by atoms with Gasteiger partial charge in [0.1, 0.15) is 0 Å². The van der Waals surface area contributed by atoms with E-state index in [4.69, 9.17) is 5.73 Å². The van der Waals surface area contributed by atoms with Crippen LogP contribution in [0.5, 0.6) is 0 Å². The Kier molecular flexibility index (Phi) is 4.52. The molecule has 3 nitrogen and oxygen atoms in total. The number of hydrogen-bond donors (Lipinski definition) is 2. The highest BCUT2D eigenvalue weighted by Crippen LogP contribution is 2.26. The quantitative estimate of drug-likeness (QED) is 0.861. The fraction of sp³-hybridized carbons (Fsp3) is 0.533. The molecule has 0 aliphatic rings. The Bertz CT molecular complexity index is 421. The molecule has 3 heteroatoms. The number of carbonyl (C=O) groups is 1. The Labute approximate surface area is 110 Å². The molecule has 0 fully saturated rings. The van der Waals surface area contributed by atoms with Crippen LogP contribution in [0.4, 0.5) is 0 Å². The van der Waals surface area contributed by atoms with Gasteiger partial charge in [-0.05, 0) is 41.5 Å². The van der Waals surface area contributed by atoms with Crippen LogP contribution >= 0.6 is 0 Å². The second kappa shape index (κ2) is 5.53. The lowest BCUT2D eigenvalue weighted by Crippen LogP contribution is -2.30. The molecule has 0 radical (unpaired) electrons. The summed E-state index contributed by atoms with van der Waals surface area (Å²) in [5.41, 5.74) is 10.4. The summed E-state index contributed by atoms with van der Waals surface area (Å²) in [5, 5.41) is 2.82. The summed E-state index contributed by atoms with van der Waals surface area (Å²) in [7, 11) is 0. The van der Waals surface area contributed by atoms with Crippen molar-refractivity contribution in [3.63, 3.8) is 0 Å². The first-order valence-corrected chi connectivity index (χ1v) is 6.33. The van der Waals surface area contributed by atoms with Gasteiger partial charge in [-0.1, -0.05) is 32.9 Å². The summed E-state index contributed by atoms with van der Waals surface area (Å²) in [6.07, 6.45) is 0. The Morgan fingerprint density at radius 1 is 1.22 bits per heavy atom. The third-order valence-corrected chi connectivity index (χ3v) is 3.21. The normalized spacial score (nSPS) is 11.4. The van der Waals surface area contributed by atoms with Crippen molar-refractivity contribution in [2.24, 2.45) is 5.73 Å². The van der Waals surface area contributed by atoms with E-state index in [2.05, 4.69) is 52.1 Å². The highest BCUT2D eigenvalue weighted by Gasteiger charge is 2.16. The van der Waals surface area contributed by atoms with Crippen LogP contribution in [0.3, 0.4) is 0 Å². The number of hydrogen-bond acceptors (Lipinski definition) is 2. The monoisotopic (exact) mass is 248 g/mol. The highest BCUT2D eigenvalue weighted by atomic mass is 16.1. The second-order valence-corrected chi connectivity index (χ2v) is 5.82. The zero-order valence-electron chi connectivity index (χ0n) is 12.1. The van der Waals surface area contributed by atoms with Gasteiger partial charge in [-0.2, -0.15) is 0 Å². The number of nitrogens with two attached hydrogens (primary N) is 1. The third kappa shape index (κ3) is 3.57. The summed E-state index contributed by atoms with van der Waals surface area (Å²) in [4.78, 5) is 11.2. The molecule has 0 unspecified atom stereocenters. The average Bonchev–Trinajstić information content (AvgIpc) is 2.26. The molecular formula is C15H24N2O. The lowest BCUT2D eigenvalue weighted by molar-refractivity contribution is -0.119. The number of carbonyl (C=O) groups excluding carboxylic acids is 1. The molecule has 0 aliphatic carbocycles. The molecule has 0 saturated carbocycles. The van der Waals surface area contributed by atoms with Crippen molar-refractivity contribution in [2.75, 3.05) is 6.54 Å². The summed E-state index contributed by atoms with van der Waals surface area (Å²) < 4.78 is 0. The van der Waals surface area contributed by atoms with Crippen molar-refractivity contribution < 1.29 is 4.79 Å². The van der Waals surface area contributed by atoms with E-state index in [1.807, 2.05) is 0 Å². The SMILES string of the molecule is Cc1cc(C(C)(C)C)cc(C)c1CNC(=O)CN. The molecule has 1 amide bonds. The molecule has 0 spiro atoms. The van der Waals surface area contributed by atoms with Crippen LogP contribution in [-0.4, -0.2) is 12.5 Å². The zero-order chi connectivity index (χ0) is 13.9. The lowest BCUT2D eigenvalue weighted by atomic mass is 9.84. The van der Waals surface area contributed by atoms with Crippen LogP contribution in [0, 0.1) is 13.8 Å². The van der Waals surface area contributed by atoms with Crippen molar-refractivity contribution >= 4 is 5.91 Å². The van der Waals surface area contributed by atoms with E-state index in [1.165, 1.54) is 22.3 Å². The van der Waals surface area contributed by atoms with Crippen LogP contribution in [0.1, 0.15) is 43.0 Å². The first kappa shape index (κ1) is 14.7. The summed E-state index contributed by atoms with van der Waals surface area (Å²) in [5.74, 6) is -0.117. The molecule has 0 heterocycles. The van der Waals surface area contributed by atoms with Crippen molar-refractivity contribution in [1.82, 2.24) is 5.32 Å². The Balaban J connectivity index is 2.98. The number of aryl methyl sites for hydroxylation is 2. The van der Waals surface area contributed by atoms with Crippen LogP contribution in [0.25, 0.3) is 0 Å². The van der Waals surface area contributed by atoms with Crippen LogP contribution in [0.15, 0.2) is 12.1 Å². The number of rotatable bonds is 3. The van der Waals surface area contributed by atoms with Gasteiger partial charge >= 0.3 is 0 Å². The Morgan fingerprint density at radius 2 is 1.72 bits per heavy atom. The largest absolute Gasteiger partial charge is 0.351 e. The Hall–Kier alpha value is -1.35. The first-order chi connectivity index (χ1) is 8.25. The number of nitrogens with one attached hydrogen (secondary N) is 1. The highest BCUT2D eigenvalue weighted by molar-refractivity contribution is 5.77. The van der Waals surface area contributed by atoms with Crippen molar-refractivity contribution in [2.45, 2.75) is 46.6 Å². The van der Waals surface area contributed by atoms with Gasteiger partial charge in [0.15, 0.2) is 0 Å². The fourth-order valence-corrected chi connectivity index (χ4v) is 1.96. The molecule has 18 heavy (non-hydrogen) atoms. The maximum absolute atomic E-state index is 11.2. The number of benzene rings is 1. The van der Waals surface area contributed by atoms with Gasteiger partial charge in [0, 0.05) is 6.54 Å². The van der Waals surface area contributed by atoms with Gasteiger partial charge in [-0.3, -0.25) is 4.79 Å². The molecule has 0 atom stereocenters. The molecule has 3 N–H and O–H groups in total. The molecule has 0 saturated heterocycles. The van der Waals surface area contributed by atoms with Gasteiger partial charge in [-0.15, -0.1) is 0 Å². The van der Waals surface area contributed by atoms with Gasteiger partial charge in [0.05, 0.1) is 6.54 Å². The van der Waals surface area contributed by atoms with Crippen molar-refractivity contribution in [3.8, 4) is 0 Å². The first-order valence-electron chi connectivity index (χ1n) is 6.33. The minimum atomic E-state index is -0.117.